The molecule has 4 rings (SSSR count). The smallest absolute Gasteiger partial charge is 0.273 e. The fourth-order valence-electron chi connectivity index (χ4n) is 3.12. The number of fused-ring (bicyclic) bond motifs is 2. The molecule has 1 aliphatic rings. The van der Waals surface area contributed by atoms with Crippen LogP contribution in [0.5, 0.6) is 0 Å². The lowest BCUT2D eigenvalue weighted by molar-refractivity contribution is -0.119. The zero-order valence-corrected chi connectivity index (χ0v) is 12.8. The van der Waals surface area contributed by atoms with Gasteiger partial charge in [0.15, 0.2) is 0 Å². The number of rotatable bonds is 2. The molecule has 0 saturated heterocycles. The molecule has 23 heavy (non-hydrogen) atoms. The molecule has 0 unspecified atom stereocenters. The number of pyridine rings is 1. The minimum atomic E-state index is -0.183. The Hall–Kier alpha value is -2.89. The zero-order chi connectivity index (χ0) is 16.0. The van der Waals surface area contributed by atoms with Crippen LogP contribution in [0.25, 0.3) is 5.65 Å². The third-order valence-corrected chi connectivity index (χ3v) is 4.23. The molecule has 3 aromatic rings. The molecule has 1 aromatic carbocycles. The van der Waals surface area contributed by atoms with Crippen molar-refractivity contribution in [2.45, 2.75) is 19.9 Å². The van der Waals surface area contributed by atoms with Crippen molar-refractivity contribution in [2.24, 2.45) is 0 Å². The Labute approximate surface area is 132 Å². The van der Waals surface area contributed by atoms with Gasteiger partial charge in [0.2, 0.25) is 5.91 Å². The van der Waals surface area contributed by atoms with Gasteiger partial charge in [0.1, 0.15) is 18.5 Å². The highest BCUT2D eigenvalue weighted by Gasteiger charge is 2.24. The number of aryl methyl sites for hydroxylation is 1. The molecule has 0 spiro atoms. The molecule has 1 aliphatic heterocycles. The molecule has 6 heteroatoms. The number of nitrogens with zero attached hydrogens (tertiary/aromatic N) is 4. The minimum Gasteiger partial charge on any atom is -0.310 e. The minimum absolute atomic E-state index is 0.00352. The van der Waals surface area contributed by atoms with Gasteiger partial charge in [0, 0.05) is 18.3 Å². The molecule has 1 amide bonds. The Morgan fingerprint density at radius 3 is 2.96 bits per heavy atom. The number of hydrogen-bond donors (Lipinski definition) is 0. The lowest BCUT2D eigenvalue weighted by atomic mass is 10.2. The maximum Gasteiger partial charge on any atom is 0.273 e. The summed E-state index contributed by atoms with van der Waals surface area (Å²) in [5.74, 6) is 0.00352. The predicted octanol–water partition coefficient (Wildman–Crippen LogP) is 1.39. The summed E-state index contributed by atoms with van der Waals surface area (Å²) in [6, 6.07) is 11.4. The second-order valence-electron chi connectivity index (χ2n) is 5.82. The van der Waals surface area contributed by atoms with Crippen LogP contribution in [-0.2, 0) is 17.8 Å². The maximum atomic E-state index is 12.7. The van der Waals surface area contributed by atoms with Crippen LogP contribution in [0.3, 0.4) is 0 Å². The molecule has 0 aliphatic carbocycles. The van der Waals surface area contributed by atoms with Crippen molar-refractivity contribution in [3.63, 3.8) is 0 Å². The Bertz CT molecular complexity index is 970. The van der Waals surface area contributed by atoms with E-state index in [4.69, 9.17) is 0 Å². The predicted molar refractivity (Wildman–Crippen MR) is 86.7 cm³/mol. The number of carbonyl (C=O) groups is 1. The lowest BCUT2D eigenvalue weighted by Gasteiger charge is -2.17. The molecule has 6 nitrogen and oxygen atoms in total. The van der Waals surface area contributed by atoms with Gasteiger partial charge < -0.3 is 9.47 Å². The summed E-state index contributed by atoms with van der Waals surface area (Å²) in [7, 11) is 0. The van der Waals surface area contributed by atoms with Crippen LogP contribution >= 0.6 is 0 Å². The second kappa shape index (κ2) is 5.08. The van der Waals surface area contributed by atoms with Gasteiger partial charge in [0.25, 0.3) is 5.56 Å². The molecule has 0 atom stereocenters. The summed E-state index contributed by atoms with van der Waals surface area (Å²) >= 11 is 0. The van der Waals surface area contributed by atoms with Crippen molar-refractivity contribution in [3.8, 4) is 0 Å². The Morgan fingerprint density at radius 1 is 1.26 bits per heavy atom. The average Bonchev–Trinajstić information content (AvgIpc) is 3.12. The van der Waals surface area contributed by atoms with Gasteiger partial charge in [-0.25, -0.2) is 0 Å². The largest absolute Gasteiger partial charge is 0.310 e. The Kier molecular flexibility index (Phi) is 3.04. The van der Waals surface area contributed by atoms with E-state index in [9.17, 15) is 9.59 Å². The number of carbonyl (C=O) groups excluding carboxylic acids is 1. The van der Waals surface area contributed by atoms with Gasteiger partial charge in [-0.05, 0) is 36.6 Å². The van der Waals surface area contributed by atoms with Gasteiger partial charge in [-0.3, -0.25) is 9.59 Å². The first-order chi connectivity index (χ1) is 11.1. The second-order valence-corrected chi connectivity index (χ2v) is 5.82. The van der Waals surface area contributed by atoms with Crippen LogP contribution in [0, 0.1) is 6.92 Å². The molecular formula is C17H16N4O2. The van der Waals surface area contributed by atoms with Crippen molar-refractivity contribution in [1.29, 1.82) is 0 Å². The summed E-state index contributed by atoms with van der Waals surface area (Å²) < 4.78 is 3.04. The van der Waals surface area contributed by atoms with Gasteiger partial charge in [-0.2, -0.15) is 9.61 Å². The summed E-state index contributed by atoms with van der Waals surface area (Å²) in [5, 5.41) is 4.08. The van der Waals surface area contributed by atoms with E-state index >= 15 is 0 Å². The number of aromatic nitrogens is 3. The number of hydrogen-bond acceptors (Lipinski definition) is 3. The highest BCUT2D eigenvalue weighted by molar-refractivity contribution is 5.95. The molecule has 3 heterocycles. The van der Waals surface area contributed by atoms with E-state index in [2.05, 4.69) is 11.2 Å². The van der Waals surface area contributed by atoms with Gasteiger partial charge in [0.05, 0.1) is 0 Å². The van der Waals surface area contributed by atoms with E-state index < -0.39 is 0 Å². The van der Waals surface area contributed by atoms with Gasteiger partial charge in [-0.15, -0.1) is 0 Å². The highest BCUT2D eigenvalue weighted by Crippen LogP contribution is 2.27. The van der Waals surface area contributed by atoms with Crippen LogP contribution in [0.4, 0.5) is 5.69 Å². The standard InChI is InChI=1S/C17H16N4O2/c1-12-8-15-19(11-18-21(15)16(22)9-12)10-17(23)20-7-6-13-4-2-3-5-14(13)20/h2-5,8-9,11H,6-7,10H2,1H3. The zero-order valence-electron chi connectivity index (χ0n) is 12.8. The van der Waals surface area contributed by atoms with Crippen molar-refractivity contribution in [3.05, 3.63) is 64.2 Å². The third kappa shape index (κ3) is 2.23. The fraction of sp³-hybridized carbons (Fsp3) is 0.235. The number of amides is 1. The molecule has 0 radical (unpaired) electrons. The van der Waals surface area contributed by atoms with Crippen molar-refractivity contribution < 1.29 is 4.79 Å². The number of para-hydroxylation sites is 1. The van der Waals surface area contributed by atoms with E-state index in [1.807, 2.05) is 31.2 Å². The summed E-state index contributed by atoms with van der Waals surface area (Å²) in [6.45, 7) is 2.72. The topological polar surface area (TPSA) is 59.6 Å². The van der Waals surface area contributed by atoms with Gasteiger partial charge >= 0.3 is 0 Å². The third-order valence-electron chi connectivity index (χ3n) is 4.23. The van der Waals surface area contributed by atoms with Crippen LogP contribution in [0.2, 0.25) is 0 Å². The highest BCUT2D eigenvalue weighted by atomic mass is 16.2. The first-order valence-electron chi connectivity index (χ1n) is 7.56. The van der Waals surface area contributed by atoms with Crippen LogP contribution in [-0.4, -0.2) is 26.6 Å². The average molecular weight is 308 g/mol. The summed E-state index contributed by atoms with van der Waals surface area (Å²) in [6.07, 6.45) is 2.42. The van der Waals surface area contributed by atoms with Gasteiger partial charge in [-0.1, -0.05) is 18.2 Å². The van der Waals surface area contributed by atoms with E-state index in [0.717, 1.165) is 17.7 Å². The van der Waals surface area contributed by atoms with E-state index in [1.54, 1.807) is 9.47 Å². The molecule has 2 aromatic heterocycles. The summed E-state index contributed by atoms with van der Waals surface area (Å²) in [4.78, 5) is 26.4. The van der Waals surface area contributed by atoms with Crippen LogP contribution < -0.4 is 10.5 Å². The van der Waals surface area contributed by atoms with E-state index in [1.165, 1.54) is 22.5 Å². The van der Waals surface area contributed by atoms with E-state index in [0.29, 0.717) is 12.2 Å². The number of benzene rings is 1. The SMILES string of the molecule is Cc1cc(=O)n2ncn(CC(=O)N3CCc4ccccc43)c2c1. The molecule has 0 N–H and O–H groups in total. The maximum absolute atomic E-state index is 12.7. The fourth-order valence-corrected chi connectivity index (χ4v) is 3.12. The Balaban J connectivity index is 1.67. The number of anilines is 1. The molecular weight excluding hydrogens is 292 g/mol. The first kappa shape index (κ1) is 13.8. The molecule has 0 fully saturated rings. The normalized spacial score (nSPS) is 13.5. The van der Waals surface area contributed by atoms with Crippen molar-refractivity contribution in [1.82, 2.24) is 14.2 Å². The molecule has 0 saturated carbocycles. The molecule has 0 bridgehead atoms. The summed E-state index contributed by atoms with van der Waals surface area (Å²) in [5.41, 5.74) is 3.49. The lowest BCUT2D eigenvalue weighted by Crippen LogP contribution is -2.32. The van der Waals surface area contributed by atoms with Crippen molar-refractivity contribution in [2.75, 3.05) is 11.4 Å². The van der Waals surface area contributed by atoms with Crippen molar-refractivity contribution >= 4 is 17.2 Å². The molecule has 116 valence electrons. The van der Waals surface area contributed by atoms with Crippen LogP contribution in [0.15, 0.2) is 47.5 Å². The first-order valence-corrected chi connectivity index (χ1v) is 7.56. The van der Waals surface area contributed by atoms with E-state index in [-0.39, 0.29) is 18.0 Å². The Morgan fingerprint density at radius 2 is 2.09 bits per heavy atom. The van der Waals surface area contributed by atoms with Crippen LogP contribution in [0.1, 0.15) is 11.1 Å². The quantitative estimate of drug-likeness (QED) is 0.719. The monoisotopic (exact) mass is 308 g/mol.